The standard InChI is InChI=1S/C24H23F6N3O5S/c1-3-37-18-9-14-11-32(24(31)21(14)22(25)23(18)38-4-2)12-17(34)13-7-15(33-19(35)5-6-20(33)36)10-16(8-13)39(26,27,28,29)30/h5-10,31,35-36H,3-4,11-12H2,1-2H3. The van der Waals surface area contributed by atoms with Crippen LogP contribution < -0.4 is 9.47 Å². The first-order chi connectivity index (χ1) is 17.9. The molecule has 0 amide bonds. The molecule has 4 rings (SSSR count). The highest BCUT2D eigenvalue weighted by Crippen LogP contribution is 3.02. The summed E-state index contributed by atoms with van der Waals surface area (Å²) in [5.74, 6) is -4.21. The lowest BCUT2D eigenvalue weighted by Gasteiger charge is -2.41. The fourth-order valence-corrected chi connectivity index (χ4v) is 4.89. The Morgan fingerprint density at radius 2 is 1.62 bits per heavy atom. The van der Waals surface area contributed by atoms with Crippen LogP contribution in [0.25, 0.3) is 5.69 Å². The molecule has 0 aliphatic carbocycles. The van der Waals surface area contributed by atoms with E-state index in [0.717, 1.165) is 23.1 Å². The zero-order chi connectivity index (χ0) is 29.0. The number of ether oxygens (including phenoxy) is 2. The summed E-state index contributed by atoms with van der Waals surface area (Å²) < 4.78 is 95.2. The molecule has 2 heterocycles. The molecule has 1 aromatic heterocycles. The fourth-order valence-electron chi connectivity index (χ4n) is 4.20. The van der Waals surface area contributed by atoms with Crippen molar-refractivity contribution >= 4 is 21.8 Å². The van der Waals surface area contributed by atoms with Crippen molar-refractivity contribution in [2.24, 2.45) is 0 Å². The summed E-state index contributed by atoms with van der Waals surface area (Å²) in [6.45, 7) is 2.57. The number of hydrogen-bond donors (Lipinski definition) is 3. The van der Waals surface area contributed by atoms with Gasteiger partial charge in [0.2, 0.25) is 0 Å². The van der Waals surface area contributed by atoms with Crippen LogP contribution in [0.5, 0.6) is 23.3 Å². The van der Waals surface area contributed by atoms with Crippen molar-refractivity contribution in [3.63, 3.8) is 0 Å². The average molecular weight is 580 g/mol. The first-order valence-electron chi connectivity index (χ1n) is 11.4. The SMILES string of the molecule is CCOc1cc2c(c(F)c1OCC)C(=N)N(CC(=O)c1cc(-n3c(O)ccc3O)cc(S(F)(F)(F)(F)F)c1)C2. The topological polar surface area (TPSA) is 108 Å². The van der Waals surface area contributed by atoms with E-state index in [1.807, 2.05) is 0 Å². The van der Waals surface area contributed by atoms with Gasteiger partial charge in [0.05, 0.1) is 31.0 Å². The summed E-state index contributed by atoms with van der Waals surface area (Å²) in [7, 11) is -10.3. The molecule has 8 nitrogen and oxygen atoms in total. The first kappa shape index (κ1) is 28.0. The van der Waals surface area contributed by atoms with Gasteiger partial charge in [-0.1, -0.05) is 19.4 Å². The highest BCUT2D eigenvalue weighted by molar-refractivity contribution is 8.45. The van der Waals surface area contributed by atoms with Gasteiger partial charge in [-0.25, -0.2) is 4.39 Å². The van der Waals surface area contributed by atoms with Crippen LogP contribution in [-0.4, -0.2) is 51.1 Å². The molecular formula is C24H23F6N3O5S. The highest BCUT2D eigenvalue weighted by Gasteiger charge is 2.65. The van der Waals surface area contributed by atoms with Crippen molar-refractivity contribution < 1.29 is 48.3 Å². The van der Waals surface area contributed by atoms with E-state index in [2.05, 4.69) is 0 Å². The smallest absolute Gasteiger partial charge is 0.310 e. The molecule has 39 heavy (non-hydrogen) atoms. The summed E-state index contributed by atoms with van der Waals surface area (Å²) in [4.78, 5) is 11.7. The number of amidine groups is 1. The quantitative estimate of drug-likeness (QED) is 0.197. The van der Waals surface area contributed by atoms with E-state index in [9.17, 15) is 34.4 Å². The van der Waals surface area contributed by atoms with Crippen molar-refractivity contribution in [1.29, 1.82) is 5.41 Å². The van der Waals surface area contributed by atoms with Crippen LogP contribution >= 0.6 is 10.2 Å². The molecule has 3 aromatic rings. The third-order valence-corrected chi connectivity index (χ3v) is 6.99. The number of nitrogens with zero attached hydrogens (tertiary/aromatic N) is 2. The van der Waals surface area contributed by atoms with Crippen LogP contribution in [0, 0.1) is 11.2 Å². The Kier molecular flexibility index (Phi) is 6.29. The zero-order valence-corrected chi connectivity index (χ0v) is 21.3. The normalized spacial score (nSPS) is 15.1. The Labute approximate surface area is 218 Å². The van der Waals surface area contributed by atoms with Crippen LogP contribution in [-0.2, 0) is 6.54 Å². The van der Waals surface area contributed by atoms with E-state index in [1.165, 1.54) is 6.07 Å². The molecule has 1 aliphatic rings. The summed E-state index contributed by atoms with van der Waals surface area (Å²) in [6, 6.07) is 4.00. The Hall–Kier alpha value is -4.01. The number of rotatable bonds is 9. The number of ketones is 1. The monoisotopic (exact) mass is 579 g/mol. The molecule has 0 bridgehead atoms. The molecule has 0 atom stereocenters. The molecule has 2 aromatic carbocycles. The van der Waals surface area contributed by atoms with E-state index < -0.39 is 62.1 Å². The molecule has 212 valence electrons. The maximum absolute atomic E-state index is 15.3. The van der Waals surface area contributed by atoms with Gasteiger partial charge >= 0.3 is 10.2 Å². The van der Waals surface area contributed by atoms with Gasteiger partial charge < -0.3 is 24.6 Å². The molecule has 15 heteroatoms. The number of fused-ring (bicyclic) bond motifs is 1. The fraction of sp³-hybridized carbons (Fsp3) is 0.250. The third-order valence-electron chi connectivity index (χ3n) is 5.86. The Morgan fingerprint density at radius 3 is 2.18 bits per heavy atom. The third kappa shape index (κ3) is 5.30. The predicted molar refractivity (Wildman–Crippen MR) is 131 cm³/mol. The maximum Gasteiger partial charge on any atom is 0.310 e. The molecule has 0 unspecified atom stereocenters. The number of aromatic nitrogens is 1. The van der Waals surface area contributed by atoms with E-state index in [4.69, 9.17) is 14.9 Å². The maximum atomic E-state index is 15.3. The summed E-state index contributed by atoms with van der Waals surface area (Å²) in [6.07, 6.45) is 0. The minimum atomic E-state index is -10.3. The van der Waals surface area contributed by atoms with Gasteiger partial charge in [-0.2, -0.15) is 0 Å². The molecular weight excluding hydrogens is 556 g/mol. The second-order valence-electron chi connectivity index (χ2n) is 8.62. The first-order valence-corrected chi connectivity index (χ1v) is 13.4. The van der Waals surface area contributed by atoms with Gasteiger partial charge in [0.25, 0.3) is 0 Å². The van der Waals surface area contributed by atoms with Gasteiger partial charge in [-0.3, -0.25) is 14.8 Å². The van der Waals surface area contributed by atoms with Crippen molar-refractivity contribution in [3.8, 4) is 28.9 Å². The van der Waals surface area contributed by atoms with Gasteiger partial charge in [-0.05, 0) is 43.7 Å². The molecule has 3 N–H and O–H groups in total. The largest absolute Gasteiger partial charge is 0.494 e. The number of hydrogen-bond acceptors (Lipinski definition) is 6. The Morgan fingerprint density at radius 1 is 1.00 bits per heavy atom. The second-order valence-corrected chi connectivity index (χ2v) is 11.0. The average Bonchev–Trinajstić information content (AvgIpc) is 3.32. The van der Waals surface area contributed by atoms with Gasteiger partial charge in [0, 0.05) is 24.2 Å². The number of carbonyl (C=O) groups excluding carboxylic acids is 1. The molecule has 0 radical (unpaired) electrons. The van der Waals surface area contributed by atoms with Crippen molar-refractivity contribution in [3.05, 3.63) is 58.9 Å². The summed E-state index contributed by atoms with van der Waals surface area (Å²) in [5, 5.41) is 28.2. The minimum absolute atomic E-state index is 0.00538. The number of halogens is 6. The van der Waals surface area contributed by atoms with Crippen LogP contribution in [0.1, 0.15) is 35.3 Å². The van der Waals surface area contributed by atoms with Crippen molar-refractivity contribution in [2.75, 3.05) is 19.8 Å². The molecule has 0 fully saturated rings. The van der Waals surface area contributed by atoms with E-state index in [0.29, 0.717) is 4.57 Å². The lowest BCUT2D eigenvalue weighted by atomic mass is 10.1. The van der Waals surface area contributed by atoms with Crippen molar-refractivity contribution in [2.45, 2.75) is 25.3 Å². The highest BCUT2D eigenvalue weighted by atomic mass is 32.5. The lowest BCUT2D eigenvalue weighted by Crippen LogP contribution is -2.30. The van der Waals surface area contributed by atoms with Gasteiger partial charge in [-0.15, -0.1) is 0 Å². The van der Waals surface area contributed by atoms with Crippen LogP contribution in [0.4, 0.5) is 23.8 Å². The molecule has 1 aliphatic heterocycles. The van der Waals surface area contributed by atoms with Crippen LogP contribution in [0.3, 0.4) is 0 Å². The van der Waals surface area contributed by atoms with Gasteiger partial charge in [0.15, 0.2) is 34.9 Å². The summed E-state index contributed by atoms with van der Waals surface area (Å²) >= 11 is 0. The van der Waals surface area contributed by atoms with E-state index >= 15 is 4.39 Å². The van der Waals surface area contributed by atoms with E-state index in [-0.39, 0.29) is 54.5 Å². The lowest BCUT2D eigenvalue weighted by molar-refractivity contribution is 0.0962. The number of Topliss-reactive ketones (excluding diaryl/α,β-unsaturated/α-hetero) is 1. The molecule has 0 saturated carbocycles. The van der Waals surface area contributed by atoms with Crippen LogP contribution in [0.15, 0.2) is 41.3 Å². The van der Waals surface area contributed by atoms with E-state index in [1.54, 1.807) is 13.8 Å². The second kappa shape index (κ2) is 8.76. The van der Waals surface area contributed by atoms with Crippen molar-refractivity contribution in [1.82, 2.24) is 9.47 Å². The summed E-state index contributed by atoms with van der Waals surface area (Å²) in [5.41, 5.74) is -1.53. The molecule has 0 spiro atoms. The number of benzene rings is 2. The number of carbonyl (C=O) groups is 1. The number of nitrogens with one attached hydrogen (secondary N) is 1. The van der Waals surface area contributed by atoms with Gasteiger partial charge in [0.1, 0.15) is 10.7 Å². The predicted octanol–water partition coefficient (Wildman–Crippen LogP) is 6.51. The minimum Gasteiger partial charge on any atom is -0.494 e. The molecule has 0 saturated heterocycles. The Bertz CT molecular complexity index is 1490. The zero-order valence-electron chi connectivity index (χ0n) is 20.5. The van der Waals surface area contributed by atoms with Crippen LogP contribution in [0.2, 0.25) is 0 Å². The Balaban J connectivity index is 1.73. The number of aromatic hydroxyl groups is 2.